The van der Waals surface area contributed by atoms with Gasteiger partial charge in [0.25, 0.3) is 0 Å². The second kappa shape index (κ2) is 6.04. The molecule has 0 fully saturated rings. The molecular formula is C9H5Br2F4NO3. The van der Waals surface area contributed by atoms with Crippen LogP contribution in [0.1, 0.15) is 0 Å². The Labute approximate surface area is 121 Å². The summed E-state index contributed by atoms with van der Waals surface area (Å²) in [5.74, 6) is -1.36. The topological polar surface area (TPSA) is 52.4 Å². The molecular weight excluding hydrogens is 406 g/mol. The molecule has 0 bridgehead atoms. The molecule has 4 nitrogen and oxygen atoms in total. The zero-order chi connectivity index (χ0) is 14.8. The number of nitrogens with zero attached hydrogens (tertiary/aromatic N) is 1. The van der Waals surface area contributed by atoms with Gasteiger partial charge in [0.15, 0.2) is 0 Å². The van der Waals surface area contributed by atoms with Crippen molar-refractivity contribution in [1.82, 2.24) is 0 Å². The van der Waals surface area contributed by atoms with Crippen molar-refractivity contribution in [3.63, 3.8) is 0 Å². The van der Waals surface area contributed by atoms with Gasteiger partial charge in [-0.15, -0.1) is 0 Å². The molecule has 0 aliphatic carbocycles. The molecule has 0 saturated carbocycles. The Morgan fingerprint density at radius 1 is 1.42 bits per heavy atom. The molecule has 19 heavy (non-hydrogen) atoms. The minimum atomic E-state index is -4.55. The predicted molar refractivity (Wildman–Crippen MR) is 65.0 cm³/mol. The summed E-state index contributed by atoms with van der Waals surface area (Å²) in [5.41, 5.74) is -0.756. The molecule has 106 valence electrons. The van der Waals surface area contributed by atoms with Crippen LogP contribution >= 0.6 is 31.9 Å². The third kappa shape index (κ3) is 4.30. The highest BCUT2D eigenvalue weighted by Gasteiger charge is 2.38. The summed E-state index contributed by atoms with van der Waals surface area (Å²) in [6.07, 6.45) is -4.55. The smallest absolute Gasteiger partial charge is 0.404 e. The molecule has 0 radical (unpaired) electrons. The van der Waals surface area contributed by atoms with Crippen LogP contribution in [0.4, 0.5) is 23.2 Å². The zero-order valence-corrected chi connectivity index (χ0v) is 12.1. The Balaban J connectivity index is 2.98. The molecule has 1 unspecified atom stereocenters. The number of benzene rings is 1. The fourth-order valence-electron chi connectivity index (χ4n) is 1.08. The molecule has 1 aromatic rings. The quantitative estimate of drug-likeness (QED) is 0.323. The first-order valence-electron chi connectivity index (χ1n) is 4.60. The SMILES string of the molecule is O=[N+]([O-])c1cc(F)cc(Br)c1OCC(Br)C(F)(F)F. The van der Waals surface area contributed by atoms with Gasteiger partial charge in [0.2, 0.25) is 5.75 Å². The van der Waals surface area contributed by atoms with Crippen molar-refractivity contribution in [3.8, 4) is 5.75 Å². The Hall–Kier alpha value is -0.900. The van der Waals surface area contributed by atoms with Crippen LogP contribution in [0, 0.1) is 15.9 Å². The van der Waals surface area contributed by atoms with Gasteiger partial charge in [0.05, 0.1) is 15.5 Å². The van der Waals surface area contributed by atoms with Crippen molar-refractivity contribution in [1.29, 1.82) is 0 Å². The van der Waals surface area contributed by atoms with E-state index in [9.17, 15) is 27.7 Å². The summed E-state index contributed by atoms with van der Waals surface area (Å²) in [7, 11) is 0. The third-order valence-corrected chi connectivity index (χ3v) is 3.29. The van der Waals surface area contributed by atoms with Crippen LogP contribution in [0.15, 0.2) is 16.6 Å². The second-order valence-electron chi connectivity index (χ2n) is 3.31. The van der Waals surface area contributed by atoms with Gasteiger partial charge in [-0.25, -0.2) is 4.39 Å². The Morgan fingerprint density at radius 2 is 2.00 bits per heavy atom. The highest BCUT2D eigenvalue weighted by Crippen LogP contribution is 2.37. The number of nitro groups is 1. The Bertz CT molecular complexity index is 495. The van der Waals surface area contributed by atoms with Gasteiger partial charge >= 0.3 is 11.9 Å². The van der Waals surface area contributed by atoms with Crippen molar-refractivity contribution in [2.75, 3.05) is 6.61 Å². The molecule has 0 spiro atoms. The standard InChI is InChI=1S/C9H5Br2F4NO3/c10-5-1-4(12)2-6(16(17)18)8(5)19-3-7(11)9(13,14)15/h1-2,7H,3H2. The average Bonchev–Trinajstić information content (AvgIpc) is 2.24. The zero-order valence-electron chi connectivity index (χ0n) is 8.88. The van der Waals surface area contributed by atoms with Gasteiger partial charge in [-0.05, 0) is 22.0 Å². The summed E-state index contributed by atoms with van der Waals surface area (Å²) in [5, 5.41) is 10.7. The molecule has 0 aliphatic heterocycles. The van der Waals surface area contributed by atoms with E-state index < -0.39 is 39.8 Å². The van der Waals surface area contributed by atoms with E-state index in [-0.39, 0.29) is 4.47 Å². The highest BCUT2D eigenvalue weighted by atomic mass is 79.9. The first kappa shape index (κ1) is 16.2. The molecule has 0 amide bonds. The molecule has 1 aromatic carbocycles. The van der Waals surface area contributed by atoms with Crippen LogP contribution in [0.5, 0.6) is 5.75 Å². The van der Waals surface area contributed by atoms with E-state index in [4.69, 9.17) is 4.74 Å². The van der Waals surface area contributed by atoms with E-state index in [0.717, 1.165) is 6.07 Å². The summed E-state index contributed by atoms with van der Waals surface area (Å²) in [4.78, 5) is 7.74. The van der Waals surface area contributed by atoms with Crippen LogP contribution in [0.3, 0.4) is 0 Å². The van der Waals surface area contributed by atoms with E-state index in [2.05, 4.69) is 31.9 Å². The van der Waals surface area contributed by atoms with Crippen LogP contribution in [0.2, 0.25) is 0 Å². The fraction of sp³-hybridized carbons (Fsp3) is 0.333. The number of halogens is 6. The van der Waals surface area contributed by atoms with Crippen molar-refractivity contribution >= 4 is 37.5 Å². The number of hydrogen-bond acceptors (Lipinski definition) is 3. The maximum atomic E-state index is 13.0. The monoisotopic (exact) mass is 409 g/mol. The maximum absolute atomic E-state index is 13.0. The fourth-order valence-corrected chi connectivity index (χ4v) is 1.74. The lowest BCUT2D eigenvalue weighted by molar-refractivity contribution is -0.386. The molecule has 0 aromatic heterocycles. The van der Waals surface area contributed by atoms with Gasteiger partial charge in [-0.2, -0.15) is 13.2 Å². The maximum Gasteiger partial charge on any atom is 0.404 e. The lowest BCUT2D eigenvalue weighted by Gasteiger charge is -2.15. The van der Waals surface area contributed by atoms with E-state index in [1.807, 2.05) is 0 Å². The summed E-state index contributed by atoms with van der Waals surface area (Å²) in [6, 6.07) is 1.43. The third-order valence-electron chi connectivity index (χ3n) is 1.91. The van der Waals surface area contributed by atoms with Crippen molar-refractivity contribution < 1.29 is 27.2 Å². The summed E-state index contributed by atoms with van der Waals surface area (Å²) in [6.45, 7) is -0.880. The number of ether oxygens (including phenoxy) is 1. The first-order chi connectivity index (χ1) is 8.62. The predicted octanol–water partition coefficient (Wildman–Crippen LogP) is 4.20. The summed E-state index contributed by atoms with van der Waals surface area (Å²) < 4.78 is 54.3. The summed E-state index contributed by atoms with van der Waals surface area (Å²) >= 11 is 5.15. The van der Waals surface area contributed by atoms with Gasteiger partial charge in [0, 0.05) is 0 Å². The van der Waals surface area contributed by atoms with Gasteiger partial charge in [-0.3, -0.25) is 10.1 Å². The molecule has 0 aliphatic rings. The van der Waals surface area contributed by atoms with E-state index >= 15 is 0 Å². The van der Waals surface area contributed by atoms with Gasteiger partial charge < -0.3 is 4.74 Å². The molecule has 1 atom stereocenters. The first-order valence-corrected chi connectivity index (χ1v) is 6.30. The second-order valence-corrected chi connectivity index (χ2v) is 5.27. The Morgan fingerprint density at radius 3 is 2.47 bits per heavy atom. The number of rotatable bonds is 4. The number of nitro benzene ring substituents is 1. The van der Waals surface area contributed by atoms with Crippen molar-refractivity contribution in [3.05, 3.63) is 32.5 Å². The highest BCUT2D eigenvalue weighted by molar-refractivity contribution is 9.10. The lowest BCUT2D eigenvalue weighted by atomic mass is 10.3. The molecule has 0 saturated heterocycles. The Kier molecular flexibility index (Phi) is 5.13. The van der Waals surface area contributed by atoms with E-state index in [0.29, 0.717) is 6.07 Å². The normalized spacial score (nSPS) is 13.2. The number of hydrogen-bond donors (Lipinski definition) is 0. The minimum absolute atomic E-state index is 0.138. The average molecular weight is 411 g/mol. The molecule has 0 heterocycles. The molecule has 10 heteroatoms. The van der Waals surface area contributed by atoms with Crippen molar-refractivity contribution in [2.24, 2.45) is 0 Å². The van der Waals surface area contributed by atoms with Crippen LogP contribution < -0.4 is 4.74 Å². The molecule has 0 N–H and O–H groups in total. The lowest BCUT2D eigenvalue weighted by Crippen LogP contribution is -2.29. The van der Waals surface area contributed by atoms with E-state index in [1.54, 1.807) is 0 Å². The van der Waals surface area contributed by atoms with Crippen LogP contribution in [0.25, 0.3) is 0 Å². The van der Waals surface area contributed by atoms with Gasteiger partial charge in [-0.1, -0.05) is 15.9 Å². The largest absolute Gasteiger partial charge is 0.484 e. The van der Waals surface area contributed by atoms with Crippen LogP contribution in [-0.4, -0.2) is 22.5 Å². The van der Waals surface area contributed by atoms with E-state index in [1.165, 1.54) is 0 Å². The van der Waals surface area contributed by atoms with Crippen molar-refractivity contribution in [2.45, 2.75) is 11.0 Å². The minimum Gasteiger partial charge on any atom is -0.484 e. The number of alkyl halides is 4. The van der Waals surface area contributed by atoms with Crippen LogP contribution in [-0.2, 0) is 0 Å². The molecule has 1 rings (SSSR count). The van der Waals surface area contributed by atoms with Gasteiger partial charge in [0.1, 0.15) is 17.3 Å².